The number of rotatable bonds is 7. The van der Waals surface area contributed by atoms with Crippen LogP contribution in [0.5, 0.6) is 0 Å². The van der Waals surface area contributed by atoms with E-state index in [0.29, 0.717) is 18.5 Å². The fraction of sp³-hybridized carbons (Fsp3) is 0.485. The van der Waals surface area contributed by atoms with E-state index in [-0.39, 0.29) is 17.9 Å². The summed E-state index contributed by atoms with van der Waals surface area (Å²) < 4.78 is 11.2. The molecule has 0 spiro atoms. The summed E-state index contributed by atoms with van der Waals surface area (Å²) in [5.74, 6) is 4.92. The van der Waals surface area contributed by atoms with Crippen molar-refractivity contribution in [2.24, 2.45) is 29.6 Å². The number of hydrogen-bond acceptors (Lipinski definition) is 3. The van der Waals surface area contributed by atoms with Crippen LogP contribution < -0.4 is 0 Å². The quantitative estimate of drug-likeness (QED) is 0.429. The van der Waals surface area contributed by atoms with Gasteiger partial charge in [-0.05, 0) is 97.0 Å². The molecular formula is C33H36O3. The number of benzene rings is 2. The van der Waals surface area contributed by atoms with E-state index in [0.717, 1.165) is 55.6 Å². The highest BCUT2D eigenvalue weighted by molar-refractivity contribution is 5.84. The Morgan fingerprint density at radius 3 is 2.64 bits per heavy atom. The molecule has 2 saturated carbocycles. The van der Waals surface area contributed by atoms with E-state index in [1.807, 2.05) is 0 Å². The Bertz CT molecular complexity index is 1180. The van der Waals surface area contributed by atoms with Crippen molar-refractivity contribution in [1.29, 1.82) is 0 Å². The van der Waals surface area contributed by atoms with Crippen LogP contribution in [-0.2, 0) is 20.7 Å². The van der Waals surface area contributed by atoms with Crippen molar-refractivity contribution in [3.05, 3.63) is 94.8 Å². The molecule has 186 valence electrons. The Morgan fingerprint density at radius 1 is 0.972 bits per heavy atom. The van der Waals surface area contributed by atoms with Crippen LogP contribution in [0.25, 0.3) is 0 Å². The second-order valence-corrected chi connectivity index (χ2v) is 11.7. The summed E-state index contributed by atoms with van der Waals surface area (Å²) in [6.07, 6.45) is 13.5. The number of Topliss-reactive ketones (excluding diaryl/α,β-unsaturated/α-hetero) is 1. The zero-order valence-corrected chi connectivity index (χ0v) is 21.0. The standard InChI is InChI=1S/C33H36O3/c34-30(26-14-13-23-6-4-5-9-25(23)33(26)24-7-2-1-3-8-24)19-29-27-16-22(17-28(27)29)11-10-21-12-15-31-32(18-21)36-20-35-31/h1-9,12,18,22,26-29,31,33H,10-11,13-17,19-20H2. The molecule has 2 aromatic rings. The molecule has 0 radical (unpaired) electrons. The zero-order valence-electron chi connectivity index (χ0n) is 21.0. The minimum Gasteiger partial charge on any atom is -0.469 e. The van der Waals surface area contributed by atoms with Crippen LogP contribution in [0.15, 0.2) is 78.1 Å². The van der Waals surface area contributed by atoms with E-state index in [9.17, 15) is 4.79 Å². The van der Waals surface area contributed by atoms with E-state index in [4.69, 9.17) is 9.47 Å². The van der Waals surface area contributed by atoms with Crippen LogP contribution in [0.3, 0.4) is 0 Å². The van der Waals surface area contributed by atoms with E-state index >= 15 is 0 Å². The molecule has 1 heterocycles. The summed E-state index contributed by atoms with van der Waals surface area (Å²) in [7, 11) is 0. The van der Waals surface area contributed by atoms with Gasteiger partial charge in [0.25, 0.3) is 0 Å². The topological polar surface area (TPSA) is 35.5 Å². The summed E-state index contributed by atoms with van der Waals surface area (Å²) in [5.41, 5.74) is 5.51. The lowest BCUT2D eigenvalue weighted by Crippen LogP contribution is -2.29. The van der Waals surface area contributed by atoms with Crippen molar-refractivity contribution in [3.63, 3.8) is 0 Å². The highest BCUT2D eigenvalue weighted by Gasteiger charge is 2.56. The maximum Gasteiger partial charge on any atom is 0.189 e. The lowest BCUT2D eigenvalue weighted by atomic mass is 9.69. The highest BCUT2D eigenvalue weighted by atomic mass is 16.7. The first kappa shape index (κ1) is 22.5. The maximum atomic E-state index is 13.7. The van der Waals surface area contributed by atoms with Gasteiger partial charge in [-0.2, -0.15) is 0 Å². The average Bonchev–Trinajstić information content (AvgIpc) is 3.27. The van der Waals surface area contributed by atoms with E-state index < -0.39 is 0 Å². The zero-order chi connectivity index (χ0) is 24.1. The molecule has 1 aliphatic heterocycles. The lowest BCUT2D eigenvalue weighted by Gasteiger charge is -2.33. The second kappa shape index (κ2) is 9.34. The fourth-order valence-corrected chi connectivity index (χ4v) is 7.91. The van der Waals surface area contributed by atoms with Crippen LogP contribution in [0.1, 0.15) is 67.6 Å². The third-order valence-electron chi connectivity index (χ3n) is 9.82. The van der Waals surface area contributed by atoms with Crippen LogP contribution in [0.4, 0.5) is 0 Å². The number of aryl methyl sites for hydroxylation is 1. The predicted molar refractivity (Wildman–Crippen MR) is 140 cm³/mol. The summed E-state index contributed by atoms with van der Waals surface area (Å²) in [4.78, 5) is 13.7. The van der Waals surface area contributed by atoms with Gasteiger partial charge >= 0.3 is 0 Å². The lowest BCUT2D eigenvalue weighted by molar-refractivity contribution is -0.124. The van der Waals surface area contributed by atoms with E-state index in [1.165, 1.54) is 41.5 Å². The van der Waals surface area contributed by atoms with Gasteiger partial charge in [0.1, 0.15) is 17.6 Å². The van der Waals surface area contributed by atoms with Crippen molar-refractivity contribution in [3.8, 4) is 0 Å². The SMILES string of the molecule is O=C(CC1C2CC(CCC3=CCC4OCOC4=C3)CC12)C1CCc2ccccc2C1c1ccccc1. The predicted octanol–water partition coefficient (Wildman–Crippen LogP) is 6.98. The van der Waals surface area contributed by atoms with Gasteiger partial charge in [0.15, 0.2) is 6.79 Å². The van der Waals surface area contributed by atoms with Crippen molar-refractivity contribution in [1.82, 2.24) is 0 Å². The fourth-order valence-electron chi connectivity index (χ4n) is 7.91. The Morgan fingerprint density at radius 2 is 1.78 bits per heavy atom. The van der Waals surface area contributed by atoms with Crippen LogP contribution in [0, 0.1) is 29.6 Å². The number of fused-ring (bicyclic) bond motifs is 3. The minimum atomic E-state index is 0.122. The van der Waals surface area contributed by atoms with Crippen LogP contribution >= 0.6 is 0 Å². The first-order valence-corrected chi connectivity index (χ1v) is 14.0. The van der Waals surface area contributed by atoms with Crippen molar-refractivity contribution in [2.75, 3.05) is 6.79 Å². The Kier molecular flexibility index (Phi) is 5.85. The molecule has 2 aromatic carbocycles. The first-order chi connectivity index (χ1) is 17.7. The van der Waals surface area contributed by atoms with Gasteiger partial charge in [-0.3, -0.25) is 4.79 Å². The van der Waals surface area contributed by atoms with Gasteiger partial charge in [-0.25, -0.2) is 0 Å². The molecular weight excluding hydrogens is 444 g/mol. The summed E-state index contributed by atoms with van der Waals surface area (Å²) in [6, 6.07) is 19.5. The maximum absolute atomic E-state index is 13.7. The third-order valence-corrected chi connectivity index (χ3v) is 9.82. The molecule has 4 aliphatic carbocycles. The van der Waals surface area contributed by atoms with Gasteiger partial charge in [0, 0.05) is 18.3 Å². The molecule has 3 nitrogen and oxygen atoms in total. The van der Waals surface area contributed by atoms with Gasteiger partial charge in [-0.1, -0.05) is 60.7 Å². The number of ether oxygens (including phenoxy) is 2. The van der Waals surface area contributed by atoms with Crippen molar-refractivity contribution < 1.29 is 14.3 Å². The summed E-state index contributed by atoms with van der Waals surface area (Å²) >= 11 is 0. The van der Waals surface area contributed by atoms with Gasteiger partial charge in [0.05, 0.1) is 0 Å². The van der Waals surface area contributed by atoms with Crippen molar-refractivity contribution >= 4 is 5.78 Å². The number of carbonyl (C=O) groups excluding carboxylic acids is 1. The highest BCUT2D eigenvalue weighted by Crippen LogP contribution is 2.62. The third kappa shape index (κ3) is 4.16. The average molecular weight is 481 g/mol. The summed E-state index contributed by atoms with van der Waals surface area (Å²) in [6.45, 7) is 0.406. The van der Waals surface area contributed by atoms with Crippen LogP contribution in [0.2, 0.25) is 0 Å². The minimum absolute atomic E-state index is 0.122. The number of ketones is 1. The number of hydrogen-bond donors (Lipinski definition) is 0. The molecule has 0 aromatic heterocycles. The number of carbonyl (C=O) groups is 1. The van der Waals surface area contributed by atoms with Gasteiger partial charge < -0.3 is 9.47 Å². The Balaban J connectivity index is 0.961. The molecule has 5 unspecified atom stereocenters. The van der Waals surface area contributed by atoms with Crippen LogP contribution in [-0.4, -0.2) is 18.7 Å². The van der Waals surface area contributed by atoms with Gasteiger partial charge in [0.2, 0.25) is 0 Å². The number of allylic oxidation sites excluding steroid dienone is 2. The molecule has 3 fully saturated rings. The van der Waals surface area contributed by atoms with Crippen molar-refractivity contribution in [2.45, 2.75) is 63.4 Å². The Labute approximate surface area is 214 Å². The molecule has 7 rings (SSSR count). The van der Waals surface area contributed by atoms with E-state index in [1.54, 1.807) is 0 Å². The largest absolute Gasteiger partial charge is 0.469 e. The molecule has 0 amide bonds. The van der Waals surface area contributed by atoms with E-state index in [2.05, 4.69) is 66.7 Å². The molecule has 3 heteroatoms. The Hall–Kier alpha value is -2.65. The normalized spacial score (nSPS) is 34.1. The first-order valence-electron chi connectivity index (χ1n) is 14.0. The molecule has 36 heavy (non-hydrogen) atoms. The molecule has 0 N–H and O–H groups in total. The molecule has 1 saturated heterocycles. The molecule has 0 bridgehead atoms. The summed E-state index contributed by atoms with van der Waals surface area (Å²) in [5, 5.41) is 0. The second-order valence-electron chi connectivity index (χ2n) is 11.7. The molecule has 5 aliphatic rings. The van der Waals surface area contributed by atoms with Gasteiger partial charge in [-0.15, -0.1) is 0 Å². The monoisotopic (exact) mass is 480 g/mol. The smallest absolute Gasteiger partial charge is 0.189 e. The molecule has 5 atom stereocenters.